The Kier molecular flexibility index (Phi) is 6.57. The lowest BCUT2D eigenvalue weighted by Gasteiger charge is -2.36. The van der Waals surface area contributed by atoms with Crippen molar-refractivity contribution in [3.63, 3.8) is 0 Å². The number of rotatable bonds is 5. The fourth-order valence-electron chi connectivity index (χ4n) is 5.30. The first-order valence-corrected chi connectivity index (χ1v) is 12.5. The first kappa shape index (κ1) is 24.1. The normalized spacial score (nSPS) is 18.7. The van der Waals surface area contributed by atoms with Crippen LogP contribution < -0.4 is 20.5 Å². The SMILES string of the molecule is COc1cc2nc(C)nc(N[C@H](C)c3cc(C)cc(N)c3)c2cc1OC(=O)N1CCN2CCCC2C1. The predicted octanol–water partition coefficient (Wildman–Crippen LogP) is 4.29. The number of carbonyl (C=O) groups is 1. The highest BCUT2D eigenvalue weighted by Gasteiger charge is 2.33. The molecule has 1 unspecified atom stereocenters. The summed E-state index contributed by atoms with van der Waals surface area (Å²) in [7, 11) is 1.56. The molecule has 0 radical (unpaired) electrons. The lowest BCUT2D eigenvalue weighted by molar-refractivity contribution is 0.0928. The van der Waals surface area contributed by atoms with Crippen LogP contribution in [0, 0.1) is 13.8 Å². The highest BCUT2D eigenvalue weighted by Crippen LogP contribution is 2.36. The van der Waals surface area contributed by atoms with Crippen molar-refractivity contribution in [3.8, 4) is 11.5 Å². The Labute approximate surface area is 211 Å². The third-order valence-corrected chi connectivity index (χ3v) is 7.11. The fourth-order valence-corrected chi connectivity index (χ4v) is 5.30. The highest BCUT2D eigenvalue weighted by atomic mass is 16.6. The summed E-state index contributed by atoms with van der Waals surface area (Å²) in [5.41, 5.74) is 9.65. The van der Waals surface area contributed by atoms with E-state index in [1.807, 2.05) is 26.0 Å². The molecule has 36 heavy (non-hydrogen) atoms. The van der Waals surface area contributed by atoms with E-state index in [1.54, 1.807) is 24.1 Å². The van der Waals surface area contributed by atoms with E-state index in [1.165, 1.54) is 6.42 Å². The minimum Gasteiger partial charge on any atom is -0.493 e. The number of amides is 1. The molecule has 2 atom stereocenters. The number of nitrogens with two attached hydrogens (primary N) is 1. The summed E-state index contributed by atoms with van der Waals surface area (Å²) in [6.45, 7) is 9.30. The zero-order valence-electron chi connectivity index (χ0n) is 21.4. The van der Waals surface area contributed by atoms with Gasteiger partial charge in [0.2, 0.25) is 0 Å². The van der Waals surface area contributed by atoms with Crippen molar-refractivity contribution < 1.29 is 14.3 Å². The molecule has 2 aromatic carbocycles. The Hall–Kier alpha value is -3.59. The van der Waals surface area contributed by atoms with Crippen molar-refractivity contribution >= 4 is 28.5 Å². The second kappa shape index (κ2) is 9.81. The smallest absolute Gasteiger partial charge is 0.415 e. The fraction of sp³-hybridized carbons (Fsp3) is 0.444. The number of nitrogen functional groups attached to an aromatic ring is 1. The number of nitrogens with one attached hydrogen (secondary N) is 1. The summed E-state index contributed by atoms with van der Waals surface area (Å²) in [5, 5.41) is 4.25. The van der Waals surface area contributed by atoms with Gasteiger partial charge in [0, 0.05) is 42.8 Å². The standard InChI is InChI=1S/C27H34N6O3/c1-16-10-19(12-20(28)11-16)17(2)29-26-22-13-25(24(35-4)14-23(22)30-18(3)31-26)36-27(34)33-9-8-32-7-5-6-21(32)15-33/h10-14,17,21H,5-9,15,28H2,1-4H3,(H,29,30,31)/t17-,21?/m1/s1. The minimum absolute atomic E-state index is 0.0551. The average molecular weight is 491 g/mol. The van der Waals surface area contributed by atoms with E-state index in [0.717, 1.165) is 41.7 Å². The summed E-state index contributed by atoms with van der Waals surface area (Å²) in [5.74, 6) is 2.09. The van der Waals surface area contributed by atoms with Gasteiger partial charge in [0.1, 0.15) is 11.6 Å². The van der Waals surface area contributed by atoms with Crippen LogP contribution in [-0.2, 0) is 0 Å². The largest absolute Gasteiger partial charge is 0.493 e. The van der Waals surface area contributed by atoms with E-state index in [4.69, 9.17) is 15.2 Å². The van der Waals surface area contributed by atoms with Gasteiger partial charge in [-0.15, -0.1) is 0 Å². The molecular formula is C27H34N6O3. The van der Waals surface area contributed by atoms with Gasteiger partial charge in [-0.1, -0.05) is 6.07 Å². The number of anilines is 2. The van der Waals surface area contributed by atoms with E-state index in [9.17, 15) is 4.79 Å². The van der Waals surface area contributed by atoms with Crippen LogP contribution in [0.25, 0.3) is 10.9 Å². The van der Waals surface area contributed by atoms with Crippen molar-refractivity contribution in [2.24, 2.45) is 0 Å². The summed E-state index contributed by atoms with van der Waals surface area (Å²) >= 11 is 0. The highest BCUT2D eigenvalue weighted by molar-refractivity contribution is 5.92. The number of hydrogen-bond donors (Lipinski definition) is 2. The molecule has 3 aromatic rings. The number of carbonyl (C=O) groups excluding carboxylic acids is 1. The molecule has 3 heterocycles. The van der Waals surface area contributed by atoms with Gasteiger partial charge in [-0.25, -0.2) is 14.8 Å². The summed E-state index contributed by atoms with van der Waals surface area (Å²) in [6.07, 6.45) is 1.96. The van der Waals surface area contributed by atoms with Crippen LogP contribution in [0.4, 0.5) is 16.3 Å². The Morgan fingerprint density at radius 2 is 1.94 bits per heavy atom. The topological polar surface area (TPSA) is 106 Å². The summed E-state index contributed by atoms with van der Waals surface area (Å²) in [4.78, 5) is 26.6. The molecule has 0 saturated carbocycles. The van der Waals surface area contributed by atoms with Crippen LogP contribution in [0.15, 0.2) is 30.3 Å². The average Bonchev–Trinajstić information content (AvgIpc) is 3.31. The second-order valence-electron chi connectivity index (χ2n) is 9.83. The zero-order chi connectivity index (χ0) is 25.4. The van der Waals surface area contributed by atoms with Crippen molar-refractivity contribution in [1.29, 1.82) is 0 Å². The third-order valence-electron chi connectivity index (χ3n) is 7.11. The van der Waals surface area contributed by atoms with Crippen molar-refractivity contribution in [3.05, 3.63) is 47.3 Å². The minimum atomic E-state index is -0.356. The quantitative estimate of drug-likeness (QED) is 0.510. The van der Waals surface area contributed by atoms with Crippen LogP contribution in [-0.4, -0.2) is 65.2 Å². The molecule has 0 aliphatic carbocycles. The van der Waals surface area contributed by atoms with Crippen molar-refractivity contribution in [1.82, 2.24) is 19.8 Å². The van der Waals surface area contributed by atoms with E-state index in [-0.39, 0.29) is 12.1 Å². The molecule has 0 bridgehead atoms. The van der Waals surface area contributed by atoms with Gasteiger partial charge in [-0.3, -0.25) is 4.90 Å². The van der Waals surface area contributed by atoms with Crippen LogP contribution in [0.3, 0.4) is 0 Å². The van der Waals surface area contributed by atoms with Crippen LogP contribution >= 0.6 is 0 Å². The number of methoxy groups -OCH3 is 1. The molecule has 190 valence electrons. The van der Waals surface area contributed by atoms with E-state index >= 15 is 0 Å². The number of nitrogens with zero attached hydrogens (tertiary/aromatic N) is 4. The number of hydrogen-bond acceptors (Lipinski definition) is 8. The first-order valence-electron chi connectivity index (χ1n) is 12.5. The monoisotopic (exact) mass is 490 g/mol. The maximum atomic E-state index is 13.1. The van der Waals surface area contributed by atoms with Gasteiger partial charge in [0.05, 0.1) is 18.7 Å². The van der Waals surface area contributed by atoms with E-state index in [0.29, 0.717) is 47.8 Å². The lowest BCUT2D eigenvalue weighted by atomic mass is 10.0. The number of ether oxygens (including phenoxy) is 2. The van der Waals surface area contributed by atoms with Gasteiger partial charge in [-0.05, 0) is 69.5 Å². The zero-order valence-corrected chi connectivity index (χ0v) is 21.4. The van der Waals surface area contributed by atoms with Gasteiger partial charge in [-0.2, -0.15) is 0 Å². The molecule has 2 aliphatic heterocycles. The van der Waals surface area contributed by atoms with Crippen molar-refractivity contribution in [2.45, 2.75) is 45.7 Å². The van der Waals surface area contributed by atoms with Crippen molar-refractivity contribution in [2.75, 3.05) is 44.3 Å². The first-order chi connectivity index (χ1) is 17.3. The molecule has 2 aliphatic rings. The van der Waals surface area contributed by atoms with Gasteiger partial charge in [0.25, 0.3) is 0 Å². The molecule has 3 N–H and O–H groups in total. The molecule has 2 fully saturated rings. The molecule has 0 spiro atoms. The maximum absolute atomic E-state index is 13.1. The summed E-state index contributed by atoms with van der Waals surface area (Å²) < 4.78 is 11.5. The molecule has 1 amide bonds. The number of aromatic nitrogens is 2. The molecule has 1 aromatic heterocycles. The van der Waals surface area contributed by atoms with Gasteiger partial charge < -0.3 is 25.4 Å². The Morgan fingerprint density at radius 3 is 2.72 bits per heavy atom. The lowest BCUT2D eigenvalue weighted by Crippen LogP contribution is -2.52. The van der Waals surface area contributed by atoms with E-state index in [2.05, 4.69) is 33.2 Å². The maximum Gasteiger partial charge on any atom is 0.415 e. The molecule has 9 heteroatoms. The Bertz CT molecular complexity index is 1280. The molecule has 5 rings (SSSR count). The second-order valence-corrected chi connectivity index (χ2v) is 9.83. The van der Waals surface area contributed by atoms with Crippen LogP contribution in [0.1, 0.15) is 42.8 Å². The number of aryl methyl sites for hydroxylation is 2. The Balaban J connectivity index is 1.43. The third kappa shape index (κ3) is 4.88. The van der Waals surface area contributed by atoms with Gasteiger partial charge >= 0.3 is 6.09 Å². The summed E-state index contributed by atoms with van der Waals surface area (Å²) in [6, 6.07) is 9.96. The van der Waals surface area contributed by atoms with Crippen LogP contribution in [0.5, 0.6) is 11.5 Å². The molecular weight excluding hydrogens is 456 g/mol. The Morgan fingerprint density at radius 1 is 1.11 bits per heavy atom. The number of fused-ring (bicyclic) bond motifs is 2. The molecule has 2 saturated heterocycles. The molecule has 9 nitrogen and oxygen atoms in total. The number of benzene rings is 2. The number of piperazine rings is 1. The van der Waals surface area contributed by atoms with E-state index < -0.39 is 0 Å². The predicted molar refractivity (Wildman–Crippen MR) is 141 cm³/mol. The van der Waals surface area contributed by atoms with Gasteiger partial charge in [0.15, 0.2) is 11.5 Å². The van der Waals surface area contributed by atoms with Crippen LogP contribution in [0.2, 0.25) is 0 Å².